The first-order valence-electron chi connectivity index (χ1n) is 4.94. The lowest BCUT2D eigenvalue weighted by Crippen LogP contribution is -2.38. The summed E-state index contributed by atoms with van der Waals surface area (Å²) < 4.78 is 22.2. The summed E-state index contributed by atoms with van der Waals surface area (Å²) in [6.45, 7) is 0.612. The molecule has 0 unspecified atom stereocenters. The van der Waals surface area contributed by atoms with Crippen molar-refractivity contribution in [3.8, 4) is 0 Å². The molecule has 6 nitrogen and oxygen atoms in total. The monoisotopic (exact) mass is 235 g/mol. The topological polar surface area (TPSA) is 105 Å². The molecular weight excluding hydrogens is 218 g/mol. The van der Waals surface area contributed by atoms with Crippen LogP contribution in [0.15, 0.2) is 5.16 Å². The lowest BCUT2D eigenvalue weighted by molar-refractivity contribution is 0.316. The third kappa shape index (κ3) is 4.48. The van der Waals surface area contributed by atoms with Crippen molar-refractivity contribution >= 4 is 15.7 Å². The van der Waals surface area contributed by atoms with E-state index in [4.69, 9.17) is 10.9 Å². The fourth-order valence-electron chi connectivity index (χ4n) is 1.55. The van der Waals surface area contributed by atoms with Gasteiger partial charge in [0.2, 0.25) is 0 Å². The van der Waals surface area contributed by atoms with Crippen LogP contribution >= 0.6 is 0 Å². The molecule has 1 saturated heterocycles. The minimum absolute atomic E-state index is 0.186. The van der Waals surface area contributed by atoms with E-state index in [1.807, 2.05) is 0 Å². The maximum absolute atomic E-state index is 11.1. The number of oxime groups is 1. The molecule has 0 aromatic carbocycles. The van der Waals surface area contributed by atoms with E-state index in [0.29, 0.717) is 25.8 Å². The van der Waals surface area contributed by atoms with E-state index in [9.17, 15) is 8.42 Å². The smallest absolute Gasteiger partial charge is 0.150 e. The van der Waals surface area contributed by atoms with E-state index >= 15 is 0 Å². The van der Waals surface area contributed by atoms with Gasteiger partial charge in [0.05, 0.1) is 11.5 Å². The highest BCUT2D eigenvalue weighted by atomic mass is 32.2. The van der Waals surface area contributed by atoms with Crippen LogP contribution in [0.4, 0.5) is 0 Å². The molecule has 7 heteroatoms. The van der Waals surface area contributed by atoms with Crippen molar-refractivity contribution in [2.24, 2.45) is 10.9 Å². The van der Waals surface area contributed by atoms with Gasteiger partial charge in [-0.2, -0.15) is 0 Å². The third-order valence-corrected chi connectivity index (χ3v) is 4.21. The van der Waals surface area contributed by atoms with E-state index < -0.39 is 9.84 Å². The molecule has 1 heterocycles. The van der Waals surface area contributed by atoms with Gasteiger partial charge >= 0.3 is 0 Å². The number of sulfone groups is 1. The van der Waals surface area contributed by atoms with Crippen LogP contribution in [0, 0.1) is 0 Å². The van der Waals surface area contributed by atoms with Crippen molar-refractivity contribution < 1.29 is 13.6 Å². The van der Waals surface area contributed by atoms with E-state index in [-0.39, 0.29) is 23.4 Å². The predicted molar refractivity (Wildman–Crippen MR) is 57.7 cm³/mol. The molecular formula is C8H17N3O3S. The average Bonchev–Trinajstić information content (AvgIpc) is 2.20. The van der Waals surface area contributed by atoms with Crippen molar-refractivity contribution in [2.45, 2.75) is 25.3 Å². The number of amidine groups is 1. The molecule has 15 heavy (non-hydrogen) atoms. The highest BCUT2D eigenvalue weighted by Crippen LogP contribution is 2.11. The van der Waals surface area contributed by atoms with E-state index in [1.54, 1.807) is 0 Å². The van der Waals surface area contributed by atoms with Crippen LogP contribution in [0.5, 0.6) is 0 Å². The lowest BCUT2D eigenvalue weighted by atomic mass is 10.1. The van der Waals surface area contributed by atoms with Gasteiger partial charge in [-0.05, 0) is 12.8 Å². The summed E-state index contributed by atoms with van der Waals surface area (Å²) in [5.74, 6) is 0.702. The van der Waals surface area contributed by atoms with Crippen LogP contribution in [-0.4, -0.2) is 43.6 Å². The zero-order valence-electron chi connectivity index (χ0n) is 8.52. The quantitative estimate of drug-likeness (QED) is 0.258. The molecule has 1 fully saturated rings. The summed E-state index contributed by atoms with van der Waals surface area (Å²) in [5.41, 5.74) is 5.30. The fourth-order valence-corrected chi connectivity index (χ4v) is 3.04. The molecule has 0 bridgehead atoms. The number of hydrogen-bond acceptors (Lipinski definition) is 5. The molecule has 0 aliphatic carbocycles. The Bertz CT molecular complexity index is 312. The lowest BCUT2D eigenvalue weighted by Gasteiger charge is -2.22. The van der Waals surface area contributed by atoms with E-state index in [2.05, 4.69) is 10.5 Å². The van der Waals surface area contributed by atoms with Crippen LogP contribution in [0.1, 0.15) is 19.3 Å². The average molecular weight is 235 g/mol. The van der Waals surface area contributed by atoms with Crippen molar-refractivity contribution in [3.05, 3.63) is 0 Å². The SMILES string of the molecule is NC(CCNC1CCS(=O)(=O)CC1)=NO. The van der Waals surface area contributed by atoms with Crippen LogP contribution in [0.2, 0.25) is 0 Å². The maximum atomic E-state index is 11.1. The molecule has 4 N–H and O–H groups in total. The molecule has 0 atom stereocenters. The standard InChI is InChI=1S/C8H17N3O3S/c9-8(11-12)1-4-10-7-2-5-15(13,14)6-3-7/h7,10,12H,1-6H2,(H2,9,11). The highest BCUT2D eigenvalue weighted by molar-refractivity contribution is 7.91. The van der Waals surface area contributed by atoms with E-state index in [1.165, 1.54) is 0 Å². The van der Waals surface area contributed by atoms with Gasteiger partial charge in [-0.15, -0.1) is 0 Å². The second-order valence-corrected chi connectivity index (χ2v) is 6.03. The second-order valence-electron chi connectivity index (χ2n) is 3.72. The highest BCUT2D eigenvalue weighted by Gasteiger charge is 2.22. The Morgan fingerprint density at radius 3 is 2.60 bits per heavy atom. The van der Waals surface area contributed by atoms with Crippen molar-refractivity contribution in [3.63, 3.8) is 0 Å². The Morgan fingerprint density at radius 2 is 2.07 bits per heavy atom. The van der Waals surface area contributed by atoms with Crippen LogP contribution in [0.25, 0.3) is 0 Å². The Morgan fingerprint density at radius 1 is 1.47 bits per heavy atom. The Hall–Kier alpha value is -0.820. The molecule has 0 radical (unpaired) electrons. The molecule has 0 saturated carbocycles. The van der Waals surface area contributed by atoms with Crippen molar-refractivity contribution in [2.75, 3.05) is 18.1 Å². The molecule has 1 aliphatic rings. The Balaban J connectivity index is 2.19. The molecule has 0 amide bonds. The normalized spacial score (nSPS) is 22.8. The number of nitrogens with two attached hydrogens (primary N) is 1. The predicted octanol–water partition coefficient (Wildman–Crippen LogP) is -0.710. The summed E-state index contributed by atoms with van der Waals surface area (Å²) in [5, 5.41) is 14.3. The molecule has 0 aromatic rings. The van der Waals surface area contributed by atoms with Crippen LogP contribution < -0.4 is 11.1 Å². The number of nitrogens with one attached hydrogen (secondary N) is 1. The minimum Gasteiger partial charge on any atom is -0.409 e. The van der Waals surface area contributed by atoms with Gasteiger partial charge in [-0.25, -0.2) is 8.42 Å². The maximum Gasteiger partial charge on any atom is 0.150 e. The first-order valence-corrected chi connectivity index (χ1v) is 6.76. The zero-order chi connectivity index (χ0) is 11.3. The van der Waals surface area contributed by atoms with Gasteiger partial charge in [0, 0.05) is 19.0 Å². The van der Waals surface area contributed by atoms with Gasteiger partial charge in [-0.3, -0.25) is 0 Å². The summed E-state index contributed by atoms with van der Waals surface area (Å²) in [6, 6.07) is 0.236. The van der Waals surface area contributed by atoms with Crippen LogP contribution in [0.3, 0.4) is 0 Å². The third-order valence-electron chi connectivity index (χ3n) is 2.50. The summed E-state index contributed by atoms with van der Waals surface area (Å²) in [4.78, 5) is 0. The van der Waals surface area contributed by atoms with Gasteiger partial charge in [0.15, 0.2) is 0 Å². The van der Waals surface area contributed by atoms with Gasteiger partial charge < -0.3 is 16.3 Å². The molecule has 0 spiro atoms. The first kappa shape index (κ1) is 12.3. The van der Waals surface area contributed by atoms with Gasteiger partial charge in [-0.1, -0.05) is 5.16 Å². The number of rotatable bonds is 4. The zero-order valence-corrected chi connectivity index (χ0v) is 9.33. The molecule has 88 valence electrons. The van der Waals surface area contributed by atoms with E-state index in [0.717, 1.165) is 0 Å². The molecule has 1 aliphatic heterocycles. The summed E-state index contributed by atoms with van der Waals surface area (Å²) in [6.07, 6.45) is 1.77. The van der Waals surface area contributed by atoms with Crippen molar-refractivity contribution in [1.82, 2.24) is 5.32 Å². The molecule has 1 rings (SSSR count). The Labute approximate surface area is 89.4 Å². The summed E-state index contributed by atoms with van der Waals surface area (Å²) in [7, 11) is -2.79. The minimum atomic E-state index is -2.79. The number of nitrogens with zero attached hydrogens (tertiary/aromatic N) is 1. The first-order chi connectivity index (χ1) is 7.03. The summed E-state index contributed by atoms with van der Waals surface area (Å²) >= 11 is 0. The Kier molecular flexibility index (Phi) is 4.34. The fraction of sp³-hybridized carbons (Fsp3) is 0.875. The van der Waals surface area contributed by atoms with Crippen molar-refractivity contribution in [1.29, 1.82) is 0 Å². The largest absolute Gasteiger partial charge is 0.409 e. The van der Waals surface area contributed by atoms with Crippen LogP contribution in [-0.2, 0) is 9.84 Å². The molecule has 0 aromatic heterocycles. The van der Waals surface area contributed by atoms with Gasteiger partial charge in [0.25, 0.3) is 0 Å². The number of hydrogen-bond donors (Lipinski definition) is 3. The second kappa shape index (κ2) is 5.32. The van der Waals surface area contributed by atoms with Gasteiger partial charge in [0.1, 0.15) is 15.7 Å².